The quantitative estimate of drug-likeness (QED) is 0.643. The molecule has 1 unspecified atom stereocenters. The van der Waals surface area contributed by atoms with E-state index in [2.05, 4.69) is 4.98 Å². The minimum Gasteiger partial charge on any atom is -0.388 e. The lowest BCUT2D eigenvalue weighted by Crippen LogP contribution is -2.08. The van der Waals surface area contributed by atoms with Crippen LogP contribution in [0.2, 0.25) is 0 Å². The van der Waals surface area contributed by atoms with Gasteiger partial charge >= 0.3 is 0 Å². The molecule has 2 aromatic rings. The largest absolute Gasteiger partial charge is 0.388 e. The predicted molar refractivity (Wildman–Crippen MR) is 58.1 cm³/mol. The lowest BCUT2D eigenvalue weighted by molar-refractivity contribution is -0.0454. The normalized spacial score (nSPS) is 20.6. The molecule has 0 amide bonds. The Kier molecular flexibility index (Phi) is 2.25. The molecule has 2 aromatic heterocycles. The zero-order valence-electron chi connectivity index (χ0n) is 8.50. The molecule has 1 aliphatic rings. The molecule has 0 fully saturated rings. The number of aliphatic hydroxyl groups excluding tert-OH is 2. The third-order valence-corrected chi connectivity index (χ3v) is 4.13. The summed E-state index contributed by atoms with van der Waals surface area (Å²) in [7, 11) is 0. The lowest BCUT2D eigenvalue weighted by Gasteiger charge is -2.16. The van der Waals surface area contributed by atoms with Crippen molar-refractivity contribution in [1.29, 1.82) is 0 Å². The van der Waals surface area contributed by atoms with Gasteiger partial charge in [-0.1, -0.05) is 11.3 Å². The van der Waals surface area contributed by atoms with Crippen molar-refractivity contribution in [3.05, 3.63) is 22.5 Å². The second-order valence-electron chi connectivity index (χ2n) is 4.01. The van der Waals surface area contributed by atoms with Crippen molar-refractivity contribution in [3.8, 4) is 0 Å². The molecule has 86 valence electrons. The van der Waals surface area contributed by atoms with Crippen LogP contribution in [0.1, 0.15) is 41.5 Å². The number of hydrogen-bond acceptors (Lipinski definition) is 5. The summed E-state index contributed by atoms with van der Waals surface area (Å²) < 4.78 is 1.86. The molecule has 0 saturated heterocycles. The highest BCUT2D eigenvalue weighted by Gasteiger charge is 2.24. The maximum absolute atomic E-state index is 9.83. The Balaban J connectivity index is 2.17. The highest BCUT2D eigenvalue weighted by molar-refractivity contribution is 7.17. The van der Waals surface area contributed by atoms with Gasteiger partial charge in [0.2, 0.25) is 0 Å². The molecule has 0 radical (unpaired) electrons. The van der Waals surface area contributed by atoms with E-state index in [1.165, 1.54) is 11.3 Å². The first-order valence-corrected chi connectivity index (χ1v) is 6.03. The number of aromatic nitrogens is 2. The summed E-state index contributed by atoms with van der Waals surface area (Å²) in [4.78, 5) is 5.80. The summed E-state index contributed by atoms with van der Waals surface area (Å²) in [6.07, 6.45) is 2.37. The van der Waals surface area contributed by atoms with Crippen LogP contribution in [0.25, 0.3) is 4.96 Å². The van der Waals surface area contributed by atoms with Crippen LogP contribution in [0.4, 0.5) is 0 Å². The SMILES string of the molecule is OC(O)c1cn2c3c(sc2n1)C(O)CCC3. The number of nitrogens with zero attached hydrogens (tertiary/aromatic N) is 2. The molecule has 6 heteroatoms. The van der Waals surface area contributed by atoms with Crippen LogP contribution in [0, 0.1) is 0 Å². The third kappa shape index (κ3) is 1.38. The number of aryl methyl sites for hydroxylation is 1. The van der Waals surface area contributed by atoms with Crippen molar-refractivity contribution < 1.29 is 15.3 Å². The molecule has 2 heterocycles. The van der Waals surface area contributed by atoms with E-state index >= 15 is 0 Å². The number of imidazole rings is 1. The smallest absolute Gasteiger partial charge is 0.197 e. The molecule has 5 nitrogen and oxygen atoms in total. The topological polar surface area (TPSA) is 78.0 Å². The second kappa shape index (κ2) is 3.53. The minimum atomic E-state index is -1.53. The number of rotatable bonds is 1. The zero-order chi connectivity index (χ0) is 11.3. The monoisotopic (exact) mass is 240 g/mol. The van der Waals surface area contributed by atoms with E-state index in [-0.39, 0.29) is 5.69 Å². The Morgan fingerprint density at radius 2 is 2.31 bits per heavy atom. The number of thiazole rings is 1. The van der Waals surface area contributed by atoms with Crippen LogP contribution in [-0.2, 0) is 6.42 Å². The molecular formula is C10H12N2O3S. The summed E-state index contributed by atoms with van der Waals surface area (Å²) in [5.41, 5.74) is 1.31. The van der Waals surface area contributed by atoms with Crippen LogP contribution in [0.3, 0.4) is 0 Å². The maximum Gasteiger partial charge on any atom is 0.197 e. The second-order valence-corrected chi connectivity index (χ2v) is 5.02. The van der Waals surface area contributed by atoms with Gasteiger partial charge in [-0.25, -0.2) is 4.98 Å². The van der Waals surface area contributed by atoms with Crippen LogP contribution < -0.4 is 0 Å². The Hall–Kier alpha value is -0.950. The molecular weight excluding hydrogens is 228 g/mol. The van der Waals surface area contributed by atoms with Gasteiger partial charge in [-0.05, 0) is 19.3 Å². The van der Waals surface area contributed by atoms with Crippen molar-refractivity contribution in [1.82, 2.24) is 9.38 Å². The molecule has 0 aliphatic heterocycles. The summed E-state index contributed by atoms with van der Waals surface area (Å²) in [5, 5.41) is 27.9. The zero-order valence-corrected chi connectivity index (χ0v) is 9.31. The van der Waals surface area contributed by atoms with Crippen molar-refractivity contribution in [3.63, 3.8) is 0 Å². The molecule has 0 aromatic carbocycles. The van der Waals surface area contributed by atoms with Crippen molar-refractivity contribution in [2.75, 3.05) is 0 Å². The average molecular weight is 240 g/mol. The van der Waals surface area contributed by atoms with Crippen molar-refractivity contribution in [2.45, 2.75) is 31.7 Å². The van der Waals surface area contributed by atoms with Crippen molar-refractivity contribution >= 4 is 16.3 Å². The highest BCUT2D eigenvalue weighted by atomic mass is 32.1. The molecule has 1 atom stereocenters. The molecule has 0 bridgehead atoms. The fourth-order valence-corrected chi connectivity index (χ4v) is 3.33. The number of aliphatic hydroxyl groups is 3. The third-order valence-electron chi connectivity index (χ3n) is 2.93. The highest BCUT2D eigenvalue weighted by Crippen LogP contribution is 2.36. The first kappa shape index (κ1) is 10.2. The summed E-state index contributed by atoms with van der Waals surface area (Å²) in [6, 6.07) is 0. The molecule has 0 saturated carbocycles. The summed E-state index contributed by atoms with van der Waals surface area (Å²) >= 11 is 1.43. The van der Waals surface area contributed by atoms with Gasteiger partial charge in [0.25, 0.3) is 0 Å². The molecule has 16 heavy (non-hydrogen) atoms. The van der Waals surface area contributed by atoms with Crippen LogP contribution in [0.15, 0.2) is 6.20 Å². The van der Waals surface area contributed by atoms with E-state index in [0.717, 1.165) is 29.8 Å². The summed E-state index contributed by atoms with van der Waals surface area (Å²) in [6.45, 7) is 0. The van der Waals surface area contributed by atoms with Gasteiger partial charge in [0.05, 0.1) is 11.0 Å². The Morgan fingerprint density at radius 3 is 3.06 bits per heavy atom. The predicted octanol–water partition coefficient (Wildman–Crippen LogP) is 0.749. The van der Waals surface area contributed by atoms with E-state index in [9.17, 15) is 5.11 Å². The van der Waals surface area contributed by atoms with Gasteiger partial charge in [0, 0.05) is 11.9 Å². The van der Waals surface area contributed by atoms with E-state index in [0.29, 0.717) is 4.96 Å². The molecule has 3 rings (SSSR count). The summed E-state index contributed by atoms with van der Waals surface area (Å²) in [5.74, 6) is 0. The lowest BCUT2D eigenvalue weighted by atomic mass is 10.0. The fraction of sp³-hybridized carbons (Fsp3) is 0.500. The van der Waals surface area contributed by atoms with Crippen LogP contribution in [-0.4, -0.2) is 24.7 Å². The van der Waals surface area contributed by atoms with E-state index in [4.69, 9.17) is 10.2 Å². The van der Waals surface area contributed by atoms with Gasteiger partial charge in [-0.15, -0.1) is 0 Å². The average Bonchev–Trinajstić information content (AvgIpc) is 2.76. The van der Waals surface area contributed by atoms with E-state index < -0.39 is 12.4 Å². The first-order valence-electron chi connectivity index (χ1n) is 5.21. The fourth-order valence-electron chi connectivity index (χ4n) is 2.14. The first-order chi connectivity index (χ1) is 7.66. The maximum atomic E-state index is 9.83. The van der Waals surface area contributed by atoms with Crippen molar-refractivity contribution in [2.24, 2.45) is 0 Å². The van der Waals surface area contributed by atoms with E-state index in [1.807, 2.05) is 4.40 Å². The Morgan fingerprint density at radius 1 is 1.50 bits per heavy atom. The van der Waals surface area contributed by atoms with Gasteiger partial charge in [0.1, 0.15) is 5.69 Å². The minimum absolute atomic E-state index is 0.258. The molecule has 1 aliphatic carbocycles. The number of hydrogen-bond donors (Lipinski definition) is 3. The van der Waals surface area contributed by atoms with Crippen LogP contribution in [0.5, 0.6) is 0 Å². The van der Waals surface area contributed by atoms with Gasteiger partial charge in [-0.2, -0.15) is 0 Å². The van der Waals surface area contributed by atoms with E-state index in [1.54, 1.807) is 6.20 Å². The van der Waals surface area contributed by atoms with Gasteiger partial charge in [-0.3, -0.25) is 4.40 Å². The Bertz CT molecular complexity index is 531. The number of fused-ring (bicyclic) bond motifs is 3. The van der Waals surface area contributed by atoms with Gasteiger partial charge < -0.3 is 15.3 Å². The Labute approximate surface area is 95.6 Å². The molecule has 3 N–H and O–H groups in total. The molecule has 0 spiro atoms. The van der Waals surface area contributed by atoms with Crippen LogP contribution >= 0.6 is 11.3 Å². The standard InChI is InChI=1S/C10H12N2O3S/c13-7-3-1-2-6-8(7)16-10-11-5(9(14)15)4-12(6)10/h4,7,9,13-15H,1-3H2. The van der Waals surface area contributed by atoms with Gasteiger partial charge in [0.15, 0.2) is 11.3 Å².